The summed E-state index contributed by atoms with van der Waals surface area (Å²) in [6.45, 7) is 6.56. The quantitative estimate of drug-likeness (QED) is 0.542. The Morgan fingerprint density at radius 2 is 1.69 bits per heavy atom. The molecule has 0 aromatic heterocycles. The van der Waals surface area contributed by atoms with Crippen LogP contribution in [0.2, 0.25) is 0 Å². The zero-order chi connectivity index (χ0) is 20.8. The number of hydrogen-bond donors (Lipinski definition) is 1. The summed E-state index contributed by atoms with van der Waals surface area (Å²) in [6.07, 6.45) is 0. The fourth-order valence-corrected chi connectivity index (χ4v) is 3.18. The van der Waals surface area contributed by atoms with Crippen LogP contribution >= 0.6 is 0 Å². The van der Waals surface area contributed by atoms with Gasteiger partial charge in [-0.2, -0.15) is 0 Å². The minimum Gasteiger partial charge on any atom is -0.496 e. The van der Waals surface area contributed by atoms with Gasteiger partial charge in [-0.1, -0.05) is 50.2 Å². The van der Waals surface area contributed by atoms with E-state index in [1.165, 1.54) is 0 Å². The molecule has 4 heteroatoms. The van der Waals surface area contributed by atoms with Crippen LogP contribution in [0.25, 0.3) is 0 Å². The molecule has 1 N–H and O–H groups in total. The molecule has 1 amide bonds. The van der Waals surface area contributed by atoms with Gasteiger partial charge in [0.05, 0.1) is 7.11 Å². The number of aryl methyl sites for hydroxylation is 1. The molecule has 0 saturated heterocycles. The zero-order valence-corrected chi connectivity index (χ0v) is 17.4. The van der Waals surface area contributed by atoms with Crippen LogP contribution in [0, 0.1) is 6.92 Å². The highest BCUT2D eigenvalue weighted by Gasteiger charge is 2.13. The summed E-state index contributed by atoms with van der Waals surface area (Å²) in [6, 6.07) is 21.1. The third-order valence-corrected chi connectivity index (χ3v) is 4.86. The van der Waals surface area contributed by atoms with E-state index in [0.29, 0.717) is 23.8 Å². The summed E-state index contributed by atoms with van der Waals surface area (Å²) in [7, 11) is 1.62. The Morgan fingerprint density at radius 1 is 0.966 bits per heavy atom. The summed E-state index contributed by atoms with van der Waals surface area (Å²) in [5, 5.41) is 2.97. The number of para-hydroxylation sites is 2. The van der Waals surface area contributed by atoms with Crippen molar-refractivity contribution >= 4 is 11.6 Å². The first-order chi connectivity index (χ1) is 14.0. The van der Waals surface area contributed by atoms with Gasteiger partial charge < -0.3 is 14.8 Å². The number of amides is 1. The lowest BCUT2D eigenvalue weighted by atomic mass is 10.0. The fourth-order valence-electron chi connectivity index (χ4n) is 3.18. The van der Waals surface area contributed by atoms with Crippen molar-refractivity contribution < 1.29 is 14.3 Å². The van der Waals surface area contributed by atoms with Gasteiger partial charge in [0.15, 0.2) is 0 Å². The van der Waals surface area contributed by atoms with Crippen LogP contribution in [0.5, 0.6) is 11.5 Å². The number of ether oxygens (including phenoxy) is 2. The van der Waals surface area contributed by atoms with Gasteiger partial charge >= 0.3 is 0 Å². The Labute approximate surface area is 172 Å². The third-order valence-electron chi connectivity index (χ3n) is 4.86. The smallest absolute Gasteiger partial charge is 0.255 e. The maximum atomic E-state index is 12.7. The minimum absolute atomic E-state index is 0.161. The van der Waals surface area contributed by atoms with Gasteiger partial charge in [-0.3, -0.25) is 4.79 Å². The Morgan fingerprint density at radius 3 is 2.41 bits per heavy atom. The van der Waals surface area contributed by atoms with Crippen molar-refractivity contribution in [1.29, 1.82) is 0 Å². The maximum Gasteiger partial charge on any atom is 0.255 e. The molecule has 0 aliphatic heterocycles. The summed E-state index contributed by atoms with van der Waals surface area (Å²) in [4.78, 5) is 12.7. The molecule has 0 fully saturated rings. The van der Waals surface area contributed by atoms with Crippen molar-refractivity contribution in [2.75, 3.05) is 12.4 Å². The second-order valence-corrected chi connectivity index (χ2v) is 7.28. The van der Waals surface area contributed by atoms with E-state index in [1.807, 2.05) is 55.5 Å². The van der Waals surface area contributed by atoms with E-state index < -0.39 is 0 Å². The molecule has 3 aromatic carbocycles. The topological polar surface area (TPSA) is 47.6 Å². The number of hydrogen-bond acceptors (Lipinski definition) is 3. The summed E-state index contributed by atoms with van der Waals surface area (Å²) in [5.74, 6) is 1.74. The molecular weight excluding hydrogens is 362 g/mol. The number of carbonyl (C=O) groups excluding carboxylic acids is 1. The minimum atomic E-state index is -0.161. The van der Waals surface area contributed by atoms with Gasteiger partial charge in [0, 0.05) is 16.8 Å². The molecule has 29 heavy (non-hydrogen) atoms. The highest BCUT2D eigenvalue weighted by Crippen LogP contribution is 2.28. The lowest BCUT2D eigenvalue weighted by molar-refractivity contribution is 0.102. The number of benzene rings is 3. The second kappa shape index (κ2) is 9.28. The van der Waals surface area contributed by atoms with E-state index in [9.17, 15) is 4.79 Å². The van der Waals surface area contributed by atoms with Crippen LogP contribution in [0.3, 0.4) is 0 Å². The second-order valence-electron chi connectivity index (χ2n) is 7.28. The largest absolute Gasteiger partial charge is 0.496 e. The molecule has 0 aliphatic rings. The van der Waals surface area contributed by atoms with Crippen molar-refractivity contribution in [1.82, 2.24) is 0 Å². The lowest BCUT2D eigenvalue weighted by Crippen LogP contribution is -2.13. The molecule has 0 bridgehead atoms. The monoisotopic (exact) mass is 389 g/mol. The fraction of sp³-hybridized carbons (Fsp3) is 0.240. The molecule has 0 aliphatic carbocycles. The molecule has 0 spiro atoms. The first kappa shape index (κ1) is 20.5. The molecule has 0 atom stereocenters. The van der Waals surface area contributed by atoms with Crippen molar-refractivity contribution in [3.05, 3.63) is 89.0 Å². The lowest BCUT2D eigenvalue weighted by Gasteiger charge is -2.16. The van der Waals surface area contributed by atoms with Crippen LogP contribution in [-0.4, -0.2) is 13.0 Å². The zero-order valence-electron chi connectivity index (χ0n) is 17.4. The van der Waals surface area contributed by atoms with Crippen LogP contribution in [0.1, 0.15) is 46.8 Å². The van der Waals surface area contributed by atoms with Gasteiger partial charge in [-0.15, -0.1) is 0 Å². The predicted molar refractivity (Wildman–Crippen MR) is 117 cm³/mol. The van der Waals surface area contributed by atoms with Crippen molar-refractivity contribution in [2.24, 2.45) is 0 Å². The molecule has 0 heterocycles. The molecule has 150 valence electrons. The van der Waals surface area contributed by atoms with Crippen molar-refractivity contribution in [3.63, 3.8) is 0 Å². The van der Waals surface area contributed by atoms with Gasteiger partial charge in [0.2, 0.25) is 0 Å². The highest BCUT2D eigenvalue weighted by atomic mass is 16.5. The maximum absolute atomic E-state index is 12.7. The standard InChI is InChI=1S/C25H27NO3/c1-17(2)21-10-6-8-12-24(21)29-16-20-15-19(13-14-23(20)28-4)25(27)26-22-11-7-5-9-18(22)3/h5-15,17H,16H2,1-4H3,(H,26,27). The van der Waals surface area contributed by atoms with E-state index in [1.54, 1.807) is 19.2 Å². The van der Waals surface area contributed by atoms with Gasteiger partial charge in [-0.05, 0) is 54.3 Å². The normalized spacial score (nSPS) is 10.7. The van der Waals surface area contributed by atoms with Crippen molar-refractivity contribution in [2.45, 2.75) is 33.3 Å². The Bertz CT molecular complexity index is 995. The van der Waals surface area contributed by atoms with Crippen LogP contribution < -0.4 is 14.8 Å². The van der Waals surface area contributed by atoms with E-state index >= 15 is 0 Å². The number of anilines is 1. The van der Waals surface area contributed by atoms with Crippen molar-refractivity contribution in [3.8, 4) is 11.5 Å². The first-order valence-electron chi connectivity index (χ1n) is 9.75. The average Bonchev–Trinajstić information content (AvgIpc) is 2.73. The Balaban J connectivity index is 1.80. The average molecular weight is 389 g/mol. The number of methoxy groups -OCH3 is 1. The van der Waals surface area contributed by atoms with Gasteiger partial charge in [0.25, 0.3) is 5.91 Å². The number of nitrogens with one attached hydrogen (secondary N) is 1. The summed E-state index contributed by atoms with van der Waals surface area (Å²) < 4.78 is 11.6. The van der Waals surface area contributed by atoms with Gasteiger partial charge in [0.1, 0.15) is 18.1 Å². The number of rotatable bonds is 7. The Hall–Kier alpha value is -3.27. The van der Waals surface area contributed by atoms with Crippen LogP contribution in [0.4, 0.5) is 5.69 Å². The first-order valence-corrected chi connectivity index (χ1v) is 9.75. The van der Waals surface area contributed by atoms with Gasteiger partial charge in [-0.25, -0.2) is 0 Å². The SMILES string of the molecule is COc1ccc(C(=O)Nc2ccccc2C)cc1COc1ccccc1C(C)C. The third kappa shape index (κ3) is 4.96. The molecule has 3 rings (SSSR count). The number of carbonyl (C=O) groups is 1. The molecule has 0 unspecified atom stereocenters. The van der Waals surface area contributed by atoms with E-state index in [4.69, 9.17) is 9.47 Å². The summed E-state index contributed by atoms with van der Waals surface area (Å²) in [5.41, 5.74) is 4.35. The van der Waals surface area contributed by atoms with E-state index in [-0.39, 0.29) is 5.91 Å². The molecule has 4 nitrogen and oxygen atoms in total. The molecule has 3 aromatic rings. The molecular formula is C25H27NO3. The van der Waals surface area contributed by atoms with E-state index in [0.717, 1.165) is 28.1 Å². The molecule has 0 saturated carbocycles. The molecule has 0 radical (unpaired) electrons. The Kier molecular flexibility index (Phi) is 6.55. The van der Waals surface area contributed by atoms with E-state index in [2.05, 4.69) is 25.2 Å². The van der Waals surface area contributed by atoms with Crippen LogP contribution in [0.15, 0.2) is 66.7 Å². The predicted octanol–water partition coefficient (Wildman–Crippen LogP) is 5.96. The summed E-state index contributed by atoms with van der Waals surface area (Å²) >= 11 is 0. The highest BCUT2D eigenvalue weighted by molar-refractivity contribution is 6.04. The van der Waals surface area contributed by atoms with Crippen LogP contribution in [-0.2, 0) is 6.61 Å².